The molecule has 1 aliphatic heterocycles. The highest BCUT2D eigenvalue weighted by Gasteiger charge is 2.35. The Morgan fingerprint density at radius 3 is 2.71 bits per heavy atom. The van der Waals surface area contributed by atoms with Gasteiger partial charge in [-0.15, -0.1) is 0 Å². The van der Waals surface area contributed by atoms with Gasteiger partial charge >= 0.3 is 5.69 Å². The molecule has 17 heavy (non-hydrogen) atoms. The van der Waals surface area contributed by atoms with Crippen LogP contribution in [-0.2, 0) is 6.54 Å². The number of aromatic nitrogens is 2. The fourth-order valence-corrected chi connectivity index (χ4v) is 2.17. The summed E-state index contributed by atoms with van der Waals surface area (Å²) in [7, 11) is 0. The zero-order valence-electron chi connectivity index (χ0n) is 9.96. The lowest BCUT2D eigenvalue weighted by atomic mass is 10.0. The van der Waals surface area contributed by atoms with E-state index in [0.717, 1.165) is 0 Å². The number of nitro groups is 1. The predicted octanol–water partition coefficient (Wildman–Crippen LogP) is 0.548. The van der Waals surface area contributed by atoms with Gasteiger partial charge in [-0.05, 0) is 13.8 Å². The molecule has 1 aromatic rings. The molecule has 0 aliphatic carbocycles. The van der Waals surface area contributed by atoms with Crippen LogP contribution in [0.25, 0.3) is 0 Å². The standard InChI is InChI=1S/C10H16N4O3/c1-3-13-10(12-4-8(5-12)6-15)9(14(16)17)7(2)11-13/h8,15H,3-6H2,1-2H3. The maximum atomic E-state index is 11.0. The zero-order valence-corrected chi connectivity index (χ0v) is 9.96. The zero-order chi connectivity index (χ0) is 12.6. The number of aliphatic hydroxyl groups is 1. The Kier molecular flexibility index (Phi) is 3.01. The molecule has 0 atom stereocenters. The van der Waals surface area contributed by atoms with Crippen LogP contribution >= 0.6 is 0 Å². The third-order valence-corrected chi connectivity index (χ3v) is 3.07. The number of hydrogen-bond donors (Lipinski definition) is 1. The highest BCUT2D eigenvalue weighted by Crippen LogP contribution is 2.35. The Balaban J connectivity index is 2.34. The molecule has 7 nitrogen and oxygen atoms in total. The lowest BCUT2D eigenvalue weighted by Crippen LogP contribution is -2.49. The third kappa shape index (κ3) is 1.86. The summed E-state index contributed by atoms with van der Waals surface area (Å²) in [4.78, 5) is 12.6. The second kappa shape index (κ2) is 4.33. The molecule has 0 radical (unpaired) electrons. The molecule has 1 saturated heterocycles. The fraction of sp³-hybridized carbons (Fsp3) is 0.700. The third-order valence-electron chi connectivity index (χ3n) is 3.07. The van der Waals surface area contributed by atoms with Crippen LogP contribution < -0.4 is 4.90 Å². The van der Waals surface area contributed by atoms with Crippen LogP contribution in [0.3, 0.4) is 0 Å². The first kappa shape index (κ1) is 11.8. The summed E-state index contributed by atoms with van der Waals surface area (Å²) >= 11 is 0. The van der Waals surface area contributed by atoms with Gasteiger partial charge < -0.3 is 10.0 Å². The van der Waals surface area contributed by atoms with E-state index >= 15 is 0 Å². The molecule has 0 saturated carbocycles. The van der Waals surface area contributed by atoms with Crippen molar-refractivity contribution in [2.24, 2.45) is 5.92 Å². The second-order valence-corrected chi connectivity index (χ2v) is 4.28. The van der Waals surface area contributed by atoms with Crippen LogP contribution in [0.4, 0.5) is 11.5 Å². The monoisotopic (exact) mass is 240 g/mol. The molecule has 2 rings (SSSR count). The Hall–Kier alpha value is -1.63. The minimum absolute atomic E-state index is 0.0863. The summed E-state index contributed by atoms with van der Waals surface area (Å²) in [5.74, 6) is 0.787. The SMILES string of the molecule is CCn1nc(C)c([N+](=O)[O-])c1N1CC(CO)C1. The second-order valence-electron chi connectivity index (χ2n) is 4.28. The molecular formula is C10H16N4O3. The van der Waals surface area contributed by atoms with E-state index < -0.39 is 0 Å². The maximum absolute atomic E-state index is 11.0. The molecule has 1 aliphatic rings. The van der Waals surface area contributed by atoms with Gasteiger partial charge in [0, 0.05) is 32.2 Å². The number of hydrogen-bond acceptors (Lipinski definition) is 5. The molecule has 94 valence electrons. The topological polar surface area (TPSA) is 84.4 Å². The molecule has 1 N–H and O–H groups in total. The van der Waals surface area contributed by atoms with Gasteiger partial charge in [-0.3, -0.25) is 10.1 Å². The smallest absolute Gasteiger partial charge is 0.333 e. The number of anilines is 1. The van der Waals surface area contributed by atoms with E-state index in [1.165, 1.54) is 0 Å². The van der Waals surface area contributed by atoms with E-state index in [4.69, 9.17) is 5.11 Å². The van der Waals surface area contributed by atoms with Crippen molar-refractivity contribution in [3.05, 3.63) is 15.8 Å². The van der Waals surface area contributed by atoms with E-state index in [2.05, 4.69) is 5.10 Å². The van der Waals surface area contributed by atoms with Gasteiger partial charge in [0.05, 0.1) is 4.92 Å². The van der Waals surface area contributed by atoms with Crippen molar-refractivity contribution >= 4 is 11.5 Å². The number of rotatable bonds is 4. The van der Waals surface area contributed by atoms with Crippen LogP contribution in [0, 0.1) is 23.0 Å². The van der Waals surface area contributed by atoms with Crippen molar-refractivity contribution in [3.8, 4) is 0 Å². The maximum Gasteiger partial charge on any atom is 0.333 e. The Labute approximate surface area is 98.8 Å². The van der Waals surface area contributed by atoms with E-state index in [-0.39, 0.29) is 23.1 Å². The Morgan fingerprint density at radius 1 is 1.59 bits per heavy atom. The Morgan fingerprint density at radius 2 is 2.24 bits per heavy atom. The van der Waals surface area contributed by atoms with Crippen molar-refractivity contribution in [2.45, 2.75) is 20.4 Å². The molecule has 1 aromatic heterocycles. The minimum Gasteiger partial charge on any atom is -0.396 e. The summed E-state index contributed by atoms with van der Waals surface area (Å²) < 4.78 is 1.65. The summed E-state index contributed by atoms with van der Waals surface area (Å²) in [5, 5.41) is 24.2. The van der Waals surface area contributed by atoms with Crippen molar-refractivity contribution in [1.82, 2.24) is 9.78 Å². The van der Waals surface area contributed by atoms with Gasteiger partial charge in [0.25, 0.3) is 0 Å². The summed E-state index contributed by atoms with van der Waals surface area (Å²) in [6.45, 7) is 5.60. The normalized spacial score (nSPS) is 16.1. The van der Waals surface area contributed by atoms with Crippen LogP contribution in [0.2, 0.25) is 0 Å². The predicted molar refractivity (Wildman–Crippen MR) is 62.1 cm³/mol. The van der Waals surface area contributed by atoms with Gasteiger partial charge in [0.15, 0.2) is 0 Å². The highest BCUT2D eigenvalue weighted by molar-refractivity contribution is 5.62. The average Bonchev–Trinajstić information content (AvgIpc) is 2.54. The molecule has 0 amide bonds. The van der Waals surface area contributed by atoms with Crippen LogP contribution in [-0.4, -0.2) is 39.5 Å². The number of nitrogens with zero attached hydrogens (tertiary/aromatic N) is 4. The molecule has 0 unspecified atom stereocenters. The molecule has 0 aromatic carbocycles. The molecule has 1 fully saturated rings. The van der Waals surface area contributed by atoms with Crippen molar-refractivity contribution in [1.29, 1.82) is 0 Å². The van der Waals surface area contributed by atoms with Crippen molar-refractivity contribution in [2.75, 3.05) is 24.6 Å². The van der Waals surface area contributed by atoms with E-state index in [1.54, 1.807) is 11.6 Å². The average molecular weight is 240 g/mol. The number of aliphatic hydroxyl groups excluding tert-OH is 1. The van der Waals surface area contributed by atoms with Crippen LogP contribution in [0.1, 0.15) is 12.6 Å². The van der Waals surface area contributed by atoms with Gasteiger partial charge in [-0.2, -0.15) is 5.10 Å². The van der Waals surface area contributed by atoms with Gasteiger partial charge in [0.2, 0.25) is 5.82 Å². The van der Waals surface area contributed by atoms with Gasteiger partial charge in [-0.25, -0.2) is 4.68 Å². The van der Waals surface area contributed by atoms with E-state index in [0.29, 0.717) is 31.1 Å². The summed E-state index contributed by atoms with van der Waals surface area (Å²) in [6.07, 6.45) is 0. The largest absolute Gasteiger partial charge is 0.396 e. The first-order chi connectivity index (χ1) is 8.08. The molecule has 0 bridgehead atoms. The van der Waals surface area contributed by atoms with Gasteiger partial charge in [-0.1, -0.05) is 0 Å². The van der Waals surface area contributed by atoms with Gasteiger partial charge in [0.1, 0.15) is 5.69 Å². The van der Waals surface area contributed by atoms with Crippen LogP contribution in [0.15, 0.2) is 0 Å². The summed E-state index contributed by atoms with van der Waals surface area (Å²) in [5.41, 5.74) is 0.530. The molecular weight excluding hydrogens is 224 g/mol. The van der Waals surface area contributed by atoms with Crippen molar-refractivity contribution in [3.63, 3.8) is 0 Å². The van der Waals surface area contributed by atoms with E-state index in [1.807, 2.05) is 11.8 Å². The first-order valence-corrected chi connectivity index (χ1v) is 5.66. The fourth-order valence-electron chi connectivity index (χ4n) is 2.17. The minimum atomic E-state index is -0.379. The Bertz CT molecular complexity index is 437. The lowest BCUT2D eigenvalue weighted by molar-refractivity contribution is -0.384. The molecule has 2 heterocycles. The molecule has 7 heteroatoms. The summed E-state index contributed by atoms with van der Waals surface area (Å²) in [6, 6.07) is 0. The lowest BCUT2D eigenvalue weighted by Gasteiger charge is -2.39. The quantitative estimate of drug-likeness (QED) is 0.613. The van der Waals surface area contributed by atoms with Crippen LogP contribution in [0.5, 0.6) is 0 Å². The highest BCUT2D eigenvalue weighted by atomic mass is 16.6. The number of aryl methyl sites for hydroxylation is 2. The van der Waals surface area contributed by atoms with E-state index in [9.17, 15) is 10.1 Å². The first-order valence-electron chi connectivity index (χ1n) is 5.66. The molecule has 0 spiro atoms. The van der Waals surface area contributed by atoms with Crippen molar-refractivity contribution < 1.29 is 10.0 Å².